The molecule has 0 amide bonds. The Balaban J connectivity index is 0.000000431. The molecule has 3 aromatic carbocycles. The van der Waals surface area contributed by atoms with Gasteiger partial charge in [-0.05, 0) is 42.0 Å². The molecule has 0 aliphatic rings. The van der Waals surface area contributed by atoms with Gasteiger partial charge in [-0.25, -0.2) is 0 Å². The molecule has 0 atom stereocenters. The van der Waals surface area contributed by atoms with Gasteiger partial charge in [-0.15, -0.1) is 0 Å². The first-order chi connectivity index (χ1) is 12.3. The van der Waals surface area contributed by atoms with Gasteiger partial charge in [0.2, 0.25) is 0 Å². The van der Waals surface area contributed by atoms with Crippen LogP contribution in [-0.4, -0.2) is 22.6 Å². The number of para-hydroxylation sites is 1. The van der Waals surface area contributed by atoms with Crippen LogP contribution in [0.5, 0.6) is 5.75 Å². The van der Waals surface area contributed by atoms with E-state index in [4.69, 9.17) is 17.5 Å². The lowest BCUT2D eigenvalue weighted by Crippen LogP contribution is -2.16. The molecule has 3 rings (SSSR count). The molecule has 0 radical (unpaired) electrons. The monoisotopic (exact) mass is 373 g/mol. The van der Waals surface area contributed by atoms with Crippen LogP contribution in [0.25, 0.3) is 0 Å². The second kappa shape index (κ2) is 9.00. The Labute approximate surface area is 152 Å². The number of rotatable bonds is 4. The fourth-order valence-corrected chi connectivity index (χ4v) is 2.34. The van der Waals surface area contributed by atoms with Gasteiger partial charge in [-0.1, -0.05) is 48.5 Å². The average molecular weight is 373 g/mol. The topological polar surface area (TPSA) is 98.1 Å². The van der Waals surface area contributed by atoms with Gasteiger partial charge in [0, 0.05) is 17.9 Å². The molecule has 7 heteroatoms. The molecule has 0 bridgehead atoms. The van der Waals surface area contributed by atoms with Crippen LogP contribution >= 0.6 is 0 Å². The standard InChI is InChI=1S/C19H17NO.H2O4S/c21-19-13-11-18(12-14-19)20(17-9-5-2-6-10-17)15-16-7-3-1-4-8-16;1-5(2,3)4/h1-14,21H,15H2;(H2,1,2,3,4). The Bertz CT molecular complexity index is 890. The molecular formula is C19H19NO5S. The van der Waals surface area contributed by atoms with E-state index in [1.807, 2.05) is 36.4 Å². The largest absolute Gasteiger partial charge is 0.508 e. The fraction of sp³-hybridized carbons (Fsp3) is 0.0526. The van der Waals surface area contributed by atoms with Crippen molar-refractivity contribution in [2.24, 2.45) is 0 Å². The first-order valence-corrected chi connectivity index (χ1v) is 9.08. The summed E-state index contributed by atoms with van der Waals surface area (Å²) in [5, 5.41) is 9.48. The van der Waals surface area contributed by atoms with Crippen LogP contribution in [0, 0.1) is 0 Å². The smallest absolute Gasteiger partial charge is 0.394 e. The maximum absolute atomic E-state index is 9.48. The average Bonchev–Trinajstić information content (AvgIpc) is 2.61. The summed E-state index contributed by atoms with van der Waals surface area (Å²) in [7, 11) is -4.67. The zero-order valence-electron chi connectivity index (χ0n) is 13.8. The number of nitrogens with zero attached hydrogens (tertiary/aromatic N) is 1. The molecule has 0 aliphatic carbocycles. The minimum absolute atomic E-state index is 0.284. The Morgan fingerprint density at radius 1 is 0.692 bits per heavy atom. The van der Waals surface area contributed by atoms with Gasteiger partial charge in [0.1, 0.15) is 5.75 Å². The lowest BCUT2D eigenvalue weighted by Gasteiger charge is -2.25. The van der Waals surface area contributed by atoms with E-state index in [1.165, 1.54) is 5.56 Å². The molecule has 0 unspecified atom stereocenters. The number of phenols is 1. The second-order valence-corrected chi connectivity index (χ2v) is 6.27. The quantitative estimate of drug-likeness (QED) is 0.596. The van der Waals surface area contributed by atoms with Crippen molar-refractivity contribution in [1.29, 1.82) is 0 Å². The van der Waals surface area contributed by atoms with E-state index >= 15 is 0 Å². The van der Waals surface area contributed by atoms with Gasteiger partial charge in [0.05, 0.1) is 0 Å². The van der Waals surface area contributed by atoms with Gasteiger partial charge < -0.3 is 10.0 Å². The van der Waals surface area contributed by atoms with Crippen molar-refractivity contribution >= 4 is 21.8 Å². The molecule has 0 spiro atoms. The second-order valence-electron chi connectivity index (χ2n) is 5.37. The molecular weight excluding hydrogens is 354 g/mol. The molecule has 0 saturated carbocycles. The lowest BCUT2D eigenvalue weighted by molar-refractivity contribution is 0.381. The van der Waals surface area contributed by atoms with Gasteiger partial charge in [0.25, 0.3) is 0 Å². The highest BCUT2D eigenvalue weighted by atomic mass is 32.3. The molecule has 0 aromatic heterocycles. The Morgan fingerprint density at radius 2 is 1.12 bits per heavy atom. The number of anilines is 2. The van der Waals surface area contributed by atoms with Crippen molar-refractivity contribution in [1.82, 2.24) is 0 Å². The van der Waals surface area contributed by atoms with Gasteiger partial charge in [-0.3, -0.25) is 9.11 Å². The number of phenolic OH excluding ortho intramolecular Hbond substituents is 1. The summed E-state index contributed by atoms with van der Waals surface area (Å²) < 4.78 is 31.6. The number of hydrogen-bond donors (Lipinski definition) is 3. The van der Waals surface area contributed by atoms with Crippen LogP contribution in [0.3, 0.4) is 0 Å². The van der Waals surface area contributed by atoms with E-state index in [1.54, 1.807) is 12.1 Å². The maximum Gasteiger partial charge on any atom is 0.394 e. The third-order valence-corrected chi connectivity index (χ3v) is 3.41. The van der Waals surface area contributed by atoms with E-state index < -0.39 is 10.4 Å². The van der Waals surface area contributed by atoms with Crippen LogP contribution in [0.2, 0.25) is 0 Å². The summed E-state index contributed by atoms with van der Waals surface area (Å²) >= 11 is 0. The number of hydrogen-bond acceptors (Lipinski definition) is 4. The predicted molar refractivity (Wildman–Crippen MR) is 101 cm³/mol. The van der Waals surface area contributed by atoms with Gasteiger partial charge in [0.15, 0.2) is 0 Å². The fourth-order valence-electron chi connectivity index (χ4n) is 2.34. The van der Waals surface area contributed by atoms with Crippen molar-refractivity contribution < 1.29 is 22.6 Å². The molecule has 26 heavy (non-hydrogen) atoms. The molecule has 6 nitrogen and oxygen atoms in total. The van der Waals surface area contributed by atoms with Crippen molar-refractivity contribution in [2.45, 2.75) is 6.54 Å². The predicted octanol–water partition coefficient (Wildman–Crippen LogP) is 4.08. The van der Waals surface area contributed by atoms with Crippen molar-refractivity contribution in [3.8, 4) is 5.75 Å². The molecule has 0 fully saturated rings. The van der Waals surface area contributed by atoms with E-state index in [2.05, 4.69) is 41.3 Å². The first-order valence-electron chi connectivity index (χ1n) is 7.68. The van der Waals surface area contributed by atoms with Gasteiger partial charge in [-0.2, -0.15) is 8.42 Å². The molecule has 0 heterocycles. The molecule has 0 saturated heterocycles. The zero-order valence-corrected chi connectivity index (χ0v) is 14.6. The van der Waals surface area contributed by atoms with Gasteiger partial charge >= 0.3 is 10.4 Å². The summed E-state index contributed by atoms with van der Waals surface area (Å²) in [5.41, 5.74) is 3.43. The third-order valence-electron chi connectivity index (χ3n) is 3.41. The number of aromatic hydroxyl groups is 1. The Morgan fingerprint density at radius 3 is 1.62 bits per heavy atom. The van der Waals surface area contributed by atoms with Crippen LogP contribution in [-0.2, 0) is 16.9 Å². The Hall–Kier alpha value is -2.87. The van der Waals surface area contributed by atoms with E-state index in [0.717, 1.165) is 17.9 Å². The molecule has 0 aliphatic heterocycles. The SMILES string of the molecule is O=S(=O)(O)O.Oc1ccc(N(Cc2ccccc2)c2ccccc2)cc1. The normalized spacial score (nSPS) is 10.5. The van der Waals surface area contributed by atoms with Crippen molar-refractivity contribution in [3.05, 3.63) is 90.5 Å². The van der Waals surface area contributed by atoms with E-state index in [-0.39, 0.29) is 5.75 Å². The highest BCUT2D eigenvalue weighted by Gasteiger charge is 2.09. The van der Waals surface area contributed by atoms with E-state index in [0.29, 0.717) is 0 Å². The first kappa shape index (κ1) is 19.5. The minimum atomic E-state index is -4.67. The molecule has 3 aromatic rings. The minimum Gasteiger partial charge on any atom is -0.508 e. The summed E-state index contributed by atoms with van der Waals surface area (Å²) in [4.78, 5) is 2.23. The summed E-state index contributed by atoms with van der Waals surface area (Å²) in [6.07, 6.45) is 0. The highest BCUT2D eigenvalue weighted by Crippen LogP contribution is 2.28. The molecule has 3 N–H and O–H groups in total. The van der Waals surface area contributed by atoms with Crippen LogP contribution in [0.1, 0.15) is 5.56 Å². The van der Waals surface area contributed by atoms with Crippen molar-refractivity contribution in [2.75, 3.05) is 4.90 Å². The Kier molecular flexibility index (Phi) is 6.74. The highest BCUT2D eigenvalue weighted by molar-refractivity contribution is 7.79. The van der Waals surface area contributed by atoms with E-state index in [9.17, 15) is 5.11 Å². The maximum atomic E-state index is 9.48. The van der Waals surface area contributed by atoms with Crippen LogP contribution in [0.4, 0.5) is 11.4 Å². The summed E-state index contributed by atoms with van der Waals surface area (Å²) in [5.74, 6) is 0.284. The summed E-state index contributed by atoms with van der Waals surface area (Å²) in [6.45, 7) is 0.787. The summed E-state index contributed by atoms with van der Waals surface area (Å²) in [6, 6.07) is 27.9. The van der Waals surface area contributed by atoms with Crippen molar-refractivity contribution in [3.63, 3.8) is 0 Å². The molecule has 136 valence electrons. The van der Waals surface area contributed by atoms with Crippen LogP contribution in [0.15, 0.2) is 84.9 Å². The zero-order chi connectivity index (χ0) is 19.0. The van der Waals surface area contributed by atoms with Crippen LogP contribution < -0.4 is 4.90 Å². The number of benzene rings is 3. The lowest BCUT2D eigenvalue weighted by atomic mass is 10.1. The third kappa shape index (κ3) is 6.94.